The maximum Gasteiger partial charge on any atom is 0.248 e. The minimum absolute atomic E-state index is 0.0358. The second-order valence-corrected chi connectivity index (χ2v) is 10.3. The molecule has 0 spiro atoms. The molecule has 3 heterocycles. The van der Waals surface area contributed by atoms with Crippen LogP contribution in [0.3, 0.4) is 0 Å². The van der Waals surface area contributed by atoms with Gasteiger partial charge in [0.25, 0.3) is 0 Å². The van der Waals surface area contributed by atoms with Crippen LogP contribution in [0.25, 0.3) is 0 Å². The molecule has 8 heteroatoms. The van der Waals surface area contributed by atoms with Gasteiger partial charge in [-0.05, 0) is 57.3 Å². The van der Waals surface area contributed by atoms with E-state index in [1.807, 2.05) is 20.8 Å². The molecule has 3 aliphatic rings. The Balaban J connectivity index is 1.47. The lowest BCUT2D eigenvalue weighted by molar-refractivity contribution is -0.130. The van der Waals surface area contributed by atoms with Crippen molar-refractivity contribution >= 4 is 5.91 Å². The lowest BCUT2D eigenvalue weighted by atomic mass is 9.86. The summed E-state index contributed by atoms with van der Waals surface area (Å²) in [4.78, 5) is 15.7. The van der Waals surface area contributed by atoms with Crippen LogP contribution in [-0.4, -0.2) is 50.1 Å². The highest BCUT2D eigenvalue weighted by molar-refractivity contribution is 5.79. The monoisotopic (exact) mass is 524 g/mol. The van der Waals surface area contributed by atoms with Crippen LogP contribution in [0.4, 0.5) is 8.78 Å². The number of amides is 1. The number of benzene rings is 1. The van der Waals surface area contributed by atoms with Gasteiger partial charge in [0.05, 0.1) is 6.04 Å². The molecule has 2 saturated heterocycles. The van der Waals surface area contributed by atoms with E-state index in [9.17, 15) is 7.54 Å². The Morgan fingerprint density at radius 2 is 1.81 bits per heavy atom. The predicted molar refractivity (Wildman–Crippen MR) is 139 cm³/mol. The fourth-order valence-corrected chi connectivity index (χ4v) is 5.67. The van der Waals surface area contributed by atoms with Gasteiger partial charge in [0.15, 0.2) is 0 Å². The SMILES string of the molecule is [2H]C([2H])(CC(NC(=O)C1([2H])C([2H])([2H])C([2H])([2H])C(F)(F)C([2H])([2H])C1([2H])[2H])c1ccccc1)N1C2CCC1CC(n1c(C)nnc1C(C)C)C2. The summed E-state index contributed by atoms with van der Waals surface area (Å²) < 4.78 is 124. The van der Waals surface area contributed by atoms with Gasteiger partial charge in [0.1, 0.15) is 11.6 Å². The molecular formula is C29H41F2N5O. The maximum atomic E-state index is 15.1. The van der Waals surface area contributed by atoms with Crippen molar-refractivity contribution in [3.05, 3.63) is 47.5 Å². The van der Waals surface area contributed by atoms with Crippen molar-refractivity contribution in [3.8, 4) is 0 Å². The van der Waals surface area contributed by atoms with E-state index in [1.54, 1.807) is 23.1 Å². The lowest BCUT2D eigenvalue weighted by Gasteiger charge is -2.40. The highest BCUT2D eigenvalue weighted by Crippen LogP contribution is 2.42. The Labute approximate surface area is 234 Å². The topological polar surface area (TPSA) is 63.1 Å². The highest BCUT2D eigenvalue weighted by atomic mass is 19.3. The van der Waals surface area contributed by atoms with Crippen LogP contribution < -0.4 is 5.32 Å². The van der Waals surface area contributed by atoms with Crippen molar-refractivity contribution in [3.63, 3.8) is 0 Å². The van der Waals surface area contributed by atoms with Gasteiger partial charge in [-0.25, -0.2) is 8.78 Å². The van der Waals surface area contributed by atoms with E-state index in [-0.39, 0.29) is 29.6 Å². The molecule has 1 saturated carbocycles. The fraction of sp³-hybridized carbons (Fsp3) is 0.690. The van der Waals surface area contributed by atoms with Gasteiger partial charge in [0.2, 0.25) is 11.8 Å². The molecule has 3 atom stereocenters. The minimum atomic E-state index is -5.26. The van der Waals surface area contributed by atoms with E-state index >= 15 is 8.78 Å². The fourth-order valence-electron chi connectivity index (χ4n) is 5.67. The highest BCUT2D eigenvalue weighted by Gasteiger charge is 2.42. The summed E-state index contributed by atoms with van der Waals surface area (Å²) in [7, 11) is 0. The third kappa shape index (κ3) is 5.74. The summed E-state index contributed by atoms with van der Waals surface area (Å²) in [5.41, 5.74) is 0.288. The molecule has 3 unspecified atom stereocenters. The van der Waals surface area contributed by atoms with Crippen molar-refractivity contribution in [2.45, 2.75) is 114 Å². The van der Waals surface area contributed by atoms with E-state index in [0.29, 0.717) is 25.7 Å². The molecule has 1 amide bonds. The zero-order valence-electron chi connectivity index (χ0n) is 32.3. The first-order chi connectivity index (χ1) is 21.9. The van der Waals surface area contributed by atoms with Gasteiger partial charge < -0.3 is 9.88 Å². The van der Waals surface area contributed by atoms with Crippen LogP contribution >= 0.6 is 0 Å². The number of halogens is 2. The van der Waals surface area contributed by atoms with E-state index in [0.717, 1.165) is 11.6 Å². The van der Waals surface area contributed by atoms with Crippen molar-refractivity contribution in [1.29, 1.82) is 0 Å². The Morgan fingerprint density at radius 1 is 1.16 bits per heavy atom. The number of hydrogen-bond acceptors (Lipinski definition) is 4. The molecular weight excluding hydrogens is 472 g/mol. The summed E-state index contributed by atoms with van der Waals surface area (Å²) in [6, 6.07) is 6.14. The van der Waals surface area contributed by atoms with E-state index < -0.39 is 62.2 Å². The number of aromatic nitrogens is 3. The average molecular weight is 525 g/mol. The number of nitrogens with one attached hydrogen (secondary N) is 1. The van der Waals surface area contributed by atoms with Crippen LogP contribution in [0.5, 0.6) is 0 Å². The quantitative estimate of drug-likeness (QED) is 0.463. The Morgan fingerprint density at radius 3 is 2.43 bits per heavy atom. The molecule has 3 fully saturated rings. The number of carbonyl (C=O) groups is 1. The first kappa shape index (κ1) is 15.9. The number of hydrogen-bond donors (Lipinski definition) is 1. The van der Waals surface area contributed by atoms with Crippen LogP contribution in [0.15, 0.2) is 30.3 Å². The second kappa shape index (κ2) is 10.8. The molecule has 5 rings (SSSR count). The first-order valence-electron chi connectivity index (χ1n) is 18.3. The summed E-state index contributed by atoms with van der Waals surface area (Å²) in [6.07, 6.45) is -15.3. The van der Waals surface area contributed by atoms with E-state index in [1.165, 1.54) is 12.1 Å². The molecule has 1 aromatic heterocycles. The molecule has 1 aliphatic carbocycles. The Hall–Kier alpha value is -2.35. The predicted octanol–water partition coefficient (Wildman–Crippen LogP) is 5.95. The van der Waals surface area contributed by atoms with Gasteiger partial charge in [-0.3, -0.25) is 9.69 Å². The van der Waals surface area contributed by atoms with Crippen LogP contribution in [0.1, 0.15) is 122 Å². The van der Waals surface area contributed by atoms with Crippen LogP contribution in [0, 0.1) is 12.8 Å². The normalized spacial score (nSPS) is 38.0. The van der Waals surface area contributed by atoms with Crippen molar-refractivity contribution < 1.29 is 28.7 Å². The molecule has 2 bridgehead atoms. The van der Waals surface area contributed by atoms with Crippen molar-refractivity contribution in [2.24, 2.45) is 5.89 Å². The third-order valence-electron chi connectivity index (χ3n) is 7.38. The van der Waals surface area contributed by atoms with Gasteiger partial charge in [0, 0.05) is 64.3 Å². The number of fused-ring (bicyclic) bond motifs is 2. The van der Waals surface area contributed by atoms with E-state index in [2.05, 4.69) is 20.1 Å². The van der Waals surface area contributed by atoms with Gasteiger partial charge in [-0.15, -0.1) is 10.2 Å². The zero-order valence-corrected chi connectivity index (χ0v) is 21.3. The zero-order chi connectivity index (χ0) is 36.0. The van der Waals surface area contributed by atoms with Gasteiger partial charge in [-0.2, -0.15) is 0 Å². The Bertz CT molecular complexity index is 1490. The van der Waals surface area contributed by atoms with Crippen molar-refractivity contribution in [1.82, 2.24) is 25.0 Å². The number of nitrogens with zero attached hydrogens (tertiary/aromatic N) is 4. The summed E-state index contributed by atoms with van der Waals surface area (Å²) >= 11 is 0. The standard InChI is InChI=1S/C29H41F2N5O/c1-19(2)27-34-33-20(3)36(27)25-17-23-9-10-24(18-25)35(23)16-13-26(21-7-5-4-6-8-21)32-28(37)22-11-14-29(30,31)15-12-22/h4-8,19,22-26H,9-18H2,1-3H3,(H,32,37)/i11D2,12D2,14D2,15D2,16D2,22D. The average Bonchev–Trinajstić information content (AvgIpc) is 3.52. The molecule has 2 aromatic rings. The van der Waals surface area contributed by atoms with Crippen molar-refractivity contribution in [2.75, 3.05) is 6.50 Å². The minimum Gasteiger partial charge on any atom is -0.349 e. The van der Waals surface area contributed by atoms with E-state index in [4.69, 9.17) is 12.3 Å². The number of alkyl halides is 2. The number of carbonyl (C=O) groups excluding carboxylic acids is 1. The lowest BCUT2D eigenvalue weighted by Crippen LogP contribution is -2.45. The number of rotatable bonds is 8. The summed E-state index contributed by atoms with van der Waals surface area (Å²) in [5, 5.41) is 10.9. The molecule has 37 heavy (non-hydrogen) atoms. The molecule has 0 radical (unpaired) electrons. The molecule has 6 nitrogen and oxygen atoms in total. The molecule has 1 N–H and O–H groups in total. The first-order valence-corrected chi connectivity index (χ1v) is 12.8. The van der Waals surface area contributed by atoms with Gasteiger partial charge >= 0.3 is 0 Å². The maximum absolute atomic E-state index is 15.1. The largest absolute Gasteiger partial charge is 0.349 e. The summed E-state index contributed by atoms with van der Waals surface area (Å²) in [6.45, 7) is 3.82. The van der Waals surface area contributed by atoms with Crippen LogP contribution in [0.2, 0.25) is 0 Å². The third-order valence-corrected chi connectivity index (χ3v) is 7.38. The molecule has 2 aliphatic heterocycles. The summed E-state index contributed by atoms with van der Waals surface area (Å²) in [5.74, 6) is -9.46. The smallest absolute Gasteiger partial charge is 0.248 e. The molecule has 1 aromatic carbocycles. The van der Waals surface area contributed by atoms with Crippen LogP contribution in [-0.2, 0) is 4.79 Å². The molecule has 202 valence electrons. The Kier molecular flexibility index (Phi) is 4.64. The van der Waals surface area contributed by atoms with Gasteiger partial charge in [-0.1, -0.05) is 44.2 Å². The second-order valence-electron chi connectivity index (χ2n) is 10.3. The number of aryl methyl sites for hydroxylation is 1. The number of piperidine rings is 1.